The zero-order valence-corrected chi connectivity index (χ0v) is 51.6. The van der Waals surface area contributed by atoms with Crippen molar-refractivity contribution in [2.45, 2.75) is 140 Å². The number of piperidine rings is 1. The van der Waals surface area contributed by atoms with E-state index in [4.69, 9.17) is 34.5 Å². The van der Waals surface area contributed by atoms with E-state index in [1.807, 2.05) is 60.7 Å². The lowest BCUT2D eigenvalue weighted by Crippen LogP contribution is -2.54. The number of benzene rings is 4. The fourth-order valence-corrected chi connectivity index (χ4v) is 12.2. The van der Waals surface area contributed by atoms with Crippen molar-refractivity contribution in [1.29, 1.82) is 0 Å². The van der Waals surface area contributed by atoms with E-state index in [-0.39, 0.29) is 81.6 Å². The van der Waals surface area contributed by atoms with Crippen molar-refractivity contribution in [2.24, 2.45) is 18.7 Å². The molecule has 478 valence electrons. The number of rotatable bonds is 33. The minimum absolute atomic E-state index is 0.00702. The first-order valence-corrected chi connectivity index (χ1v) is 31.8. The molecule has 0 spiro atoms. The molecule has 4 heterocycles. The van der Waals surface area contributed by atoms with Gasteiger partial charge in [0.05, 0.1) is 61.9 Å². The number of aryl methyl sites for hydroxylation is 4. The van der Waals surface area contributed by atoms with Gasteiger partial charge in [0.1, 0.15) is 18.7 Å². The summed E-state index contributed by atoms with van der Waals surface area (Å²) in [7, 11) is -2.65. The second-order valence-electron chi connectivity index (χ2n) is 23.2. The zero-order chi connectivity index (χ0) is 64.2. The Labute approximate surface area is 515 Å². The number of anilines is 1. The van der Waals surface area contributed by atoms with E-state index in [1.165, 1.54) is 39.3 Å². The number of imide groups is 1. The molecule has 1 unspecified atom stereocenters. The van der Waals surface area contributed by atoms with Gasteiger partial charge in [-0.15, -0.1) is 0 Å². The highest BCUT2D eigenvalue weighted by Crippen LogP contribution is 2.59. The highest BCUT2D eigenvalue weighted by molar-refractivity contribution is 7.52. The molecule has 1 fully saturated rings. The number of likely N-dealkylation sites (tertiary alicyclic amines) is 1. The van der Waals surface area contributed by atoms with Crippen molar-refractivity contribution >= 4 is 71.0 Å². The van der Waals surface area contributed by atoms with E-state index >= 15 is 0 Å². The van der Waals surface area contributed by atoms with Crippen LogP contribution in [0.4, 0.5) is 14.5 Å². The topological polar surface area (TPSA) is 285 Å². The van der Waals surface area contributed by atoms with E-state index < -0.39 is 72.5 Å². The van der Waals surface area contributed by atoms with E-state index in [0.717, 1.165) is 76.0 Å². The predicted molar refractivity (Wildman–Crippen MR) is 327 cm³/mol. The number of para-hydroxylation sites is 1. The Bertz CT molecular complexity index is 3540. The molecule has 0 saturated carbocycles. The molecule has 5 aromatic rings. The fraction of sp³-hybridized carbons (Fsp3) is 0.477. The number of hydrogen-bond donors (Lipinski definition) is 4. The third kappa shape index (κ3) is 16.9. The van der Waals surface area contributed by atoms with Crippen LogP contribution in [-0.2, 0) is 102 Å². The molecule has 0 bridgehead atoms. The monoisotopic (exact) mass is 1250 g/mol. The summed E-state index contributed by atoms with van der Waals surface area (Å²) in [6, 6.07) is 21.2. The molecule has 3 aliphatic heterocycles. The van der Waals surface area contributed by atoms with Gasteiger partial charge in [-0.25, -0.2) is 4.79 Å². The van der Waals surface area contributed by atoms with Crippen LogP contribution in [0.15, 0.2) is 95.8 Å². The number of carbonyl (C=O) groups is 7. The molecular weight excluding hydrogens is 1170 g/mol. The lowest BCUT2D eigenvalue weighted by atomic mass is 9.92. The Morgan fingerprint density at radius 3 is 2.16 bits per heavy atom. The molecule has 1 saturated heterocycles. The van der Waals surface area contributed by atoms with Crippen LogP contribution in [0.3, 0.4) is 0 Å². The minimum atomic E-state index is -5.78. The minimum Gasteiger partial charge on any atom is -0.379 e. The number of primary amides is 1. The smallest absolute Gasteiger partial charge is 0.379 e. The molecule has 0 radical (unpaired) electrons. The molecule has 0 aliphatic carbocycles. The summed E-state index contributed by atoms with van der Waals surface area (Å²) >= 11 is 0. The van der Waals surface area contributed by atoms with E-state index in [0.29, 0.717) is 74.5 Å². The number of nitrogens with zero attached hydrogens (tertiary/aromatic N) is 4. The van der Waals surface area contributed by atoms with Crippen LogP contribution >= 0.6 is 7.60 Å². The fourth-order valence-electron chi connectivity index (χ4n) is 11.7. The van der Waals surface area contributed by atoms with Crippen LogP contribution in [0.25, 0.3) is 16.6 Å². The summed E-state index contributed by atoms with van der Waals surface area (Å²) in [5, 5.41) is 3.06. The number of halogens is 2. The van der Waals surface area contributed by atoms with Crippen molar-refractivity contribution in [3.63, 3.8) is 0 Å². The maximum atomic E-state index is 14.5. The first-order valence-electron chi connectivity index (χ1n) is 30.2. The van der Waals surface area contributed by atoms with Gasteiger partial charge in [0.15, 0.2) is 11.6 Å². The number of hydrogen-bond acceptors (Lipinski definition) is 13. The summed E-state index contributed by atoms with van der Waals surface area (Å²) in [6.07, 6.45) is 6.26. The Balaban J connectivity index is 0.710. The Morgan fingerprint density at radius 1 is 0.787 bits per heavy atom. The van der Waals surface area contributed by atoms with Crippen LogP contribution < -0.4 is 21.6 Å². The van der Waals surface area contributed by atoms with E-state index in [9.17, 15) is 51.7 Å². The maximum Gasteiger partial charge on any atom is 0.399 e. The average molecular weight is 1250 g/mol. The number of aromatic nitrogens is 2. The van der Waals surface area contributed by atoms with Gasteiger partial charge in [0.2, 0.25) is 23.6 Å². The number of ketones is 2. The van der Waals surface area contributed by atoms with Gasteiger partial charge in [-0.3, -0.25) is 57.1 Å². The Kier molecular flexibility index (Phi) is 23.1. The number of amides is 5. The molecular formula is C65H79F2N6O15P. The van der Waals surface area contributed by atoms with Crippen LogP contribution in [0.5, 0.6) is 0 Å². The number of allylic oxidation sites excluding steroid dienone is 2. The van der Waals surface area contributed by atoms with Crippen molar-refractivity contribution in [3.8, 4) is 0 Å². The highest BCUT2D eigenvalue weighted by atomic mass is 31.2. The lowest BCUT2D eigenvalue weighted by molar-refractivity contribution is -0.149. The van der Waals surface area contributed by atoms with Gasteiger partial charge in [-0.2, -0.15) is 8.78 Å². The summed E-state index contributed by atoms with van der Waals surface area (Å²) in [5.41, 5.74) is 7.42. The van der Waals surface area contributed by atoms with Crippen LogP contribution in [0, 0.1) is 5.92 Å². The summed E-state index contributed by atoms with van der Waals surface area (Å²) in [4.78, 5) is 126. The highest BCUT2D eigenvalue weighted by Gasteiger charge is 2.50. The zero-order valence-electron chi connectivity index (χ0n) is 50.7. The molecule has 3 aliphatic rings. The average Bonchev–Trinajstić information content (AvgIpc) is 1.68. The largest absolute Gasteiger partial charge is 0.399 e. The van der Waals surface area contributed by atoms with Gasteiger partial charge in [0.25, 0.3) is 5.91 Å². The second-order valence-corrected chi connectivity index (χ2v) is 24.9. The molecule has 5 amide bonds. The number of imidazole rings is 1. The first-order chi connectivity index (χ1) is 42.4. The standard InChI is InChI=1S/C65H79F2N6O15P/c1-41(46-21-23-50(24-22-46)65(66,67)89(82,83)84)35-52(75)37-49-20-19-47-11-7-12-48-38-57(73(60(47)48)62(49)79)61(78)69-53(25-28-58(68)76)42(2)88-39-45-16-14-43(15-17-45)9-5-6-13-51(74)40-87-34-33-86-32-31-85-30-8-10-44-18-26-54-56(36-44)70(3)64(81)72(54)55-27-29-59(77)71(4)63(55)80/h7,11-12,14-18,21-24,26,35-36,42,49,53,55,57H,5-6,8-10,13,19-20,25,27-34,37-40H2,1-4H3,(H2,68,76)(H,69,78)(H2,82,83,84)/b41-35+/t42-,49-,53+,55?,57+/m1/s1. The van der Waals surface area contributed by atoms with Gasteiger partial charge >= 0.3 is 18.9 Å². The van der Waals surface area contributed by atoms with Crippen molar-refractivity contribution in [1.82, 2.24) is 19.4 Å². The molecule has 4 aromatic carbocycles. The van der Waals surface area contributed by atoms with Crippen LogP contribution in [0.1, 0.15) is 123 Å². The normalized spacial score (nSPS) is 17.9. The molecule has 5 N–H and O–H groups in total. The number of nitrogens with two attached hydrogens (primary N) is 1. The van der Waals surface area contributed by atoms with E-state index in [1.54, 1.807) is 20.9 Å². The number of alkyl halides is 2. The van der Waals surface area contributed by atoms with E-state index in [2.05, 4.69) is 5.32 Å². The van der Waals surface area contributed by atoms with Gasteiger partial charge in [0, 0.05) is 64.3 Å². The second kappa shape index (κ2) is 30.4. The number of ether oxygens (including phenoxy) is 4. The summed E-state index contributed by atoms with van der Waals surface area (Å²) in [5.74, 6) is -3.25. The lowest BCUT2D eigenvalue weighted by Gasteiger charge is -2.31. The quantitative estimate of drug-likeness (QED) is 0.0141. The number of nitrogens with one attached hydrogen (secondary N) is 1. The molecule has 89 heavy (non-hydrogen) atoms. The molecule has 8 rings (SSSR count). The Morgan fingerprint density at radius 2 is 1.45 bits per heavy atom. The van der Waals surface area contributed by atoms with Crippen LogP contribution in [0.2, 0.25) is 0 Å². The van der Waals surface area contributed by atoms with Gasteiger partial charge in [-0.05, 0) is 129 Å². The molecule has 21 nitrogen and oxygen atoms in total. The van der Waals surface area contributed by atoms with Crippen molar-refractivity contribution in [3.05, 3.63) is 140 Å². The summed E-state index contributed by atoms with van der Waals surface area (Å²) < 4.78 is 66.1. The number of Topliss-reactive ketones (excluding diaryl/α,β-unsaturated/α-hetero) is 1. The maximum absolute atomic E-state index is 14.5. The first kappa shape index (κ1) is 67.6. The number of likely N-dealkylation sites (N-methyl/N-ethyl adjacent to an activating group) is 1. The molecule has 24 heteroatoms. The van der Waals surface area contributed by atoms with Crippen LogP contribution in [-0.4, -0.2) is 130 Å². The SMILES string of the molecule is C/C(=C\C(=O)C[C@H]1CCc2cccc3c2N(C1=O)[C@H](C(=O)N[C@@H](CCC(N)=O)[C@@H](C)OCc1ccc(CCCCC(=O)COCCOCCOCCCc2ccc4c(c2)n(C)c(=O)n4C2CCC(=O)N(C)C2=O)cc1)C3)c1ccc(C(F)(F)P(=O)(O)O)cc1. The number of fused-ring (bicyclic) bond motifs is 1. The van der Waals surface area contributed by atoms with Crippen molar-refractivity contribution in [2.75, 3.05) is 51.6 Å². The third-order valence-electron chi connectivity index (χ3n) is 16.8. The Hall–Kier alpha value is -7.37. The van der Waals surface area contributed by atoms with Crippen molar-refractivity contribution < 1.29 is 75.6 Å². The van der Waals surface area contributed by atoms with Gasteiger partial charge in [-0.1, -0.05) is 72.8 Å². The third-order valence-corrected chi connectivity index (χ3v) is 17.8. The summed E-state index contributed by atoms with van der Waals surface area (Å²) in [6.45, 7) is 5.47. The number of unbranched alkanes of at least 4 members (excludes halogenated alkanes) is 1. The number of carbonyl (C=O) groups excluding carboxylic acids is 7. The molecule has 1 aromatic heterocycles. The predicted octanol–water partition coefficient (Wildman–Crippen LogP) is 7.09. The molecule has 5 atom stereocenters. The van der Waals surface area contributed by atoms with Gasteiger partial charge < -0.3 is 39.8 Å².